The van der Waals surface area contributed by atoms with Gasteiger partial charge in [-0.2, -0.15) is 0 Å². The standard InChI is InChI=1S/C26H23NO8/c1-2-33-26(30)17-35-23-13-7-20(8-14-23)24(15-18-3-9-21(10-4-18)27(31)32)19-5-11-22(12-6-19)34-16-25(28)29/h3-15H,2,16-17H2,1H3,(H,28,29). The molecule has 0 saturated carbocycles. The van der Waals surface area contributed by atoms with E-state index in [1.54, 1.807) is 55.5 Å². The minimum atomic E-state index is -1.07. The van der Waals surface area contributed by atoms with E-state index in [4.69, 9.17) is 19.3 Å². The van der Waals surface area contributed by atoms with Gasteiger partial charge in [0, 0.05) is 12.1 Å². The van der Waals surface area contributed by atoms with Crippen LogP contribution >= 0.6 is 0 Å². The molecule has 0 bridgehead atoms. The molecule has 3 rings (SSSR count). The molecule has 0 aromatic heterocycles. The minimum absolute atomic E-state index is 0.00765. The van der Waals surface area contributed by atoms with E-state index in [0.717, 1.165) is 22.3 Å². The summed E-state index contributed by atoms with van der Waals surface area (Å²) in [4.78, 5) is 32.8. The molecule has 0 aliphatic rings. The van der Waals surface area contributed by atoms with E-state index in [0.29, 0.717) is 11.5 Å². The molecular formula is C26H23NO8. The lowest BCUT2D eigenvalue weighted by atomic mass is 9.95. The van der Waals surface area contributed by atoms with Crippen LogP contribution in [0.25, 0.3) is 11.6 Å². The first-order valence-electron chi connectivity index (χ1n) is 10.7. The molecule has 0 radical (unpaired) electrons. The molecule has 35 heavy (non-hydrogen) atoms. The Kier molecular flexibility index (Phi) is 8.55. The summed E-state index contributed by atoms with van der Waals surface area (Å²) < 4.78 is 15.5. The van der Waals surface area contributed by atoms with Gasteiger partial charge in [-0.05, 0) is 71.7 Å². The number of carbonyl (C=O) groups excluding carboxylic acids is 1. The fraction of sp³-hybridized carbons (Fsp3) is 0.154. The first kappa shape index (κ1) is 25.0. The second-order valence-corrected chi connectivity index (χ2v) is 7.23. The molecule has 0 amide bonds. The molecule has 0 atom stereocenters. The first-order chi connectivity index (χ1) is 16.9. The second-order valence-electron chi connectivity index (χ2n) is 7.23. The Hall–Kier alpha value is -4.66. The van der Waals surface area contributed by atoms with Gasteiger partial charge in [0.1, 0.15) is 11.5 Å². The number of esters is 1. The number of nitrogens with zero attached hydrogens (tertiary/aromatic N) is 1. The molecular weight excluding hydrogens is 454 g/mol. The van der Waals surface area contributed by atoms with Gasteiger partial charge >= 0.3 is 11.9 Å². The van der Waals surface area contributed by atoms with Crippen LogP contribution in [0.15, 0.2) is 72.8 Å². The molecule has 0 aliphatic carbocycles. The minimum Gasteiger partial charge on any atom is -0.482 e. The molecule has 0 heterocycles. The number of ether oxygens (including phenoxy) is 3. The zero-order valence-electron chi connectivity index (χ0n) is 18.9. The van der Waals surface area contributed by atoms with Gasteiger partial charge in [-0.3, -0.25) is 10.1 Å². The van der Waals surface area contributed by atoms with Crippen molar-refractivity contribution < 1.29 is 33.8 Å². The summed E-state index contributed by atoms with van der Waals surface area (Å²) in [5.41, 5.74) is 3.18. The lowest BCUT2D eigenvalue weighted by molar-refractivity contribution is -0.384. The Morgan fingerprint density at radius 1 is 0.857 bits per heavy atom. The van der Waals surface area contributed by atoms with E-state index in [1.807, 2.05) is 18.2 Å². The zero-order valence-corrected chi connectivity index (χ0v) is 18.9. The van der Waals surface area contributed by atoms with Crippen LogP contribution in [0.3, 0.4) is 0 Å². The highest BCUT2D eigenvalue weighted by molar-refractivity contribution is 5.91. The Morgan fingerprint density at radius 2 is 1.37 bits per heavy atom. The third kappa shape index (κ3) is 7.43. The fourth-order valence-corrected chi connectivity index (χ4v) is 3.14. The van der Waals surface area contributed by atoms with Crippen molar-refractivity contribution in [3.63, 3.8) is 0 Å². The number of carboxylic acid groups (broad SMARTS) is 1. The summed E-state index contributed by atoms with van der Waals surface area (Å²) in [6.07, 6.45) is 1.88. The number of nitro groups is 1. The van der Waals surface area contributed by atoms with Crippen molar-refractivity contribution in [2.45, 2.75) is 6.92 Å². The average Bonchev–Trinajstić information content (AvgIpc) is 2.86. The van der Waals surface area contributed by atoms with Crippen LogP contribution < -0.4 is 9.47 Å². The summed E-state index contributed by atoms with van der Waals surface area (Å²) in [5, 5.41) is 19.8. The normalized spacial score (nSPS) is 10.9. The van der Waals surface area contributed by atoms with Crippen molar-refractivity contribution in [3.8, 4) is 11.5 Å². The molecule has 1 N–H and O–H groups in total. The molecule has 3 aromatic carbocycles. The Labute approximate surface area is 201 Å². The number of carboxylic acids is 1. The van der Waals surface area contributed by atoms with Gasteiger partial charge in [0.25, 0.3) is 5.69 Å². The van der Waals surface area contributed by atoms with Crippen LogP contribution in [-0.4, -0.2) is 41.8 Å². The van der Waals surface area contributed by atoms with Gasteiger partial charge in [-0.1, -0.05) is 24.3 Å². The number of rotatable bonds is 11. The largest absolute Gasteiger partial charge is 0.482 e. The van der Waals surface area contributed by atoms with Crippen molar-refractivity contribution in [3.05, 3.63) is 99.6 Å². The molecule has 3 aromatic rings. The zero-order chi connectivity index (χ0) is 25.2. The van der Waals surface area contributed by atoms with Crippen molar-refractivity contribution >= 4 is 29.3 Å². The number of hydrogen-bond donors (Lipinski definition) is 1. The van der Waals surface area contributed by atoms with Crippen LogP contribution in [0, 0.1) is 10.1 Å². The van der Waals surface area contributed by atoms with Crippen molar-refractivity contribution in [1.82, 2.24) is 0 Å². The van der Waals surface area contributed by atoms with Gasteiger partial charge in [-0.15, -0.1) is 0 Å². The van der Waals surface area contributed by atoms with Gasteiger partial charge in [0.2, 0.25) is 0 Å². The highest BCUT2D eigenvalue weighted by Gasteiger charge is 2.10. The number of carbonyl (C=O) groups is 2. The third-order valence-electron chi connectivity index (χ3n) is 4.77. The highest BCUT2D eigenvalue weighted by Crippen LogP contribution is 2.29. The van der Waals surface area contributed by atoms with E-state index in [2.05, 4.69) is 0 Å². The monoisotopic (exact) mass is 477 g/mol. The van der Waals surface area contributed by atoms with E-state index in [9.17, 15) is 19.7 Å². The van der Waals surface area contributed by atoms with Crippen LogP contribution in [0.2, 0.25) is 0 Å². The Morgan fingerprint density at radius 3 is 1.83 bits per heavy atom. The average molecular weight is 477 g/mol. The number of nitro benzene ring substituents is 1. The molecule has 9 nitrogen and oxygen atoms in total. The topological polar surface area (TPSA) is 125 Å². The maximum atomic E-state index is 11.5. The van der Waals surface area contributed by atoms with Gasteiger partial charge in [0.05, 0.1) is 11.5 Å². The Balaban J connectivity index is 1.90. The van der Waals surface area contributed by atoms with Gasteiger partial charge in [0.15, 0.2) is 13.2 Å². The van der Waals surface area contributed by atoms with Crippen molar-refractivity contribution in [1.29, 1.82) is 0 Å². The van der Waals surface area contributed by atoms with Crippen molar-refractivity contribution in [2.75, 3.05) is 19.8 Å². The smallest absolute Gasteiger partial charge is 0.344 e. The molecule has 9 heteroatoms. The molecule has 0 aliphatic heterocycles. The van der Waals surface area contributed by atoms with Gasteiger partial charge < -0.3 is 19.3 Å². The summed E-state index contributed by atoms with van der Waals surface area (Å²) >= 11 is 0. The predicted octanol–water partition coefficient (Wildman–Crippen LogP) is 4.59. The number of hydrogen-bond acceptors (Lipinski definition) is 7. The van der Waals surface area contributed by atoms with Gasteiger partial charge in [-0.25, -0.2) is 9.59 Å². The van der Waals surface area contributed by atoms with Crippen molar-refractivity contribution in [2.24, 2.45) is 0 Å². The van der Waals surface area contributed by atoms with Crippen LogP contribution in [0.4, 0.5) is 5.69 Å². The van der Waals surface area contributed by atoms with E-state index < -0.39 is 23.5 Å². The highest BCUT2D eigenvalue weighted by atomic mass is 16.6. The lowest BCUT2D eigenvalue weighted by Gasteiger charge is -2.12. The van der Waals surface area contributed by atoms with Crippen LogP contribution in [0.5, 0.6) is 11.5 Å². The molecule has 180 valence electrons. The summed E-state index contributed by atoms with van der Waals surface area (Å²) in [7, 11) is 0. The maximum absolute atomic E-state index is 11.5. The summed E-state index contributed by atoms with van der Waals surface area (Å²) in [6.45, 7) is 1.35. The summed E-state index contributed by atoms with van der Waals surface area (Å²) in [6, 6.07) is 20.2. The van der Waals surface area contributed by atoms with Crippen LogP contribution in [-0.2, 0) is 14.3 Å². The quantitative estimate of drug-likeness (QED) is 0.184. The lowest BCUT2D eigenvalue weighted by Crippen LogP contribution is -2.14. The maximum Gasteiger partial charge on any atom is 0.344 e. The number of aliphatic carboxylic acids is 1. The van der Waals surface area contributed by atoms with E-state index >= 15 is 0 Å². The molecule has 0 unspecified atom stereocenters. The third-order valence-corrected chi connectivity index (χ3v) is 4.77. The number of non-ortho nitro benzene ring substituents is 1. The predicted molar refractivity (Wildman–Crippen MR) is 128 cm³/mol. The summed E-state index contributed by atoms with van der Waals surface area (Å²) in [5.74, 6) is -0.624. The Bertz CT molecular complexity index is 1200. The molecule has 0 saturated heterocycles. The molecule has 0 fully saturated rings. The van der Waals surface area contributed by atoms with E-state index in [-0.39, 0.29) is 18.9 Å². The first-order valence-corrected chi connectivity index (χ1v) is 10.7. The van der Waals surface area contributed by atoms with Crippen LogP contribution in [0.1, 0.15) is 23.6 Å². The fourth-order valence-electron chi connectivity index (χ4n) is 3.14. The SMILES string of the molecule is CCOC(=O)COc1ccc(C(=Cc2ccc([N+](=O)[O-])cc2)c2ccc(OCC(=O)O)cc2)cc1. The van der Waals surface area contributed by atoms with E-state index in [1.165, 1.54) is 12.1 Å². The second kappa shape index (κ2) is 12.0. The molecule has 0 spiro atoms. The number of benzene rings is 3.